The number of carbonyl (C=O) groups excluding carboxylic acids is 3. The van der Waals surface area contributed by atoms with E-state index in [-0.39, 0.29) is 23.5 Å². The first kappa shape index (κ1) is 34.7. The molecule has 6 atom stereocenters. The number of hydrogen-bond acceptors (Lipinski definition) is 9. The molecule has 0 fully saturated rings. The lowest BCUT2D eigenvalue weighted by molar-refractivity contribution is -0.119. The highest BCUT2D eigenvalue weighted by molar-refractivity contribution is 6.23. The summed E-state index contributed by atoms with van der Waals surface area (Å²) in [6.45, 7) is 10.8. The number of nitrogens with one attached hydrogen (secondary N) is 1. The first-order chi connectivity index (χ1) is 19.8. The minimum absolute atomic E-state index is 0.0758. The lowest BCUT2D eigenvalue weighted by Crippen LogP contribution is -2.37. The molecule has 0 spiro atoms. The van der Waals surface area contributed by atoms with Crippen molar-refractivity contribution in [1.82, 2.24) is 5.32 Å². The minimum atomic E-state index is -0.982. The molecule has 0 saturated carbocycles. The average Bonchev–Trinajstić information content (AvgIpc) is 2.92. The van der Waals surface area contributed by atoms with Gasteiger partial charge in [0.05, 0.1) is 17.9 Å². The number of nitrogens with zero attached hydrogens (tertiary/aromatic N) is 1. The van der Waals surface area contributed by atoms with Gasteiger partial charge in [0.25, 0.3) is 5.91 Å². The molecule has 0 saturated heterocycles. The van der Waals surface area contributed by atoms with Crippen LogP contribution in [0.2, 0.25) is 0 Å². The molecule has 2 aliphatic rings. The normalized spacial score (nSPS) is 32.6. The van der Waals surface area contributed by atoms with Crippen LogP contribution in [0.15, 0.2) is 64.0 Å². The number of aliphatic hydroxyl groups excluding tert-OH is 1. The van der Waals surface area contributed by atoms with Crippen LogP contribution in [0.4, 0.5) is 4.79 Å². The number of allylic oxidation sites excluding steroid dienone is 5. The Bertz CT molecular complexity index is 1180. The molecular weight excluding hydrogens is 542 g/mol. The van der Waals surface area contributed by atoms with Gasteiger partial charge in [-0.05, 0) is 64.2 Å². The maximum Gasteiger partial charge on any atom is 0.405 e. The Morgan fingerprint density at radius 3 is 2.43 bits per heavy atom. The number of amides is 2. The van der Waals surface area contributed by atoms with E-state index < -0.39 is 42.3 Å². The van der Waals surface area contributed by atoms with E-state index in [2.05, 4.69) is 10.5 Å². The van der Waals surface area contributed by atoms with Crippen LogP contribution < -0.4 is 11.1 Å². The molecule has 0 aromatic heterocycles. The van der Waals surface area contributed by atoms with Crippen LogP contribution in [-0.2, 0) is 28.6 Å². The maximum absolute atomic E-state index is 13.4. The van der Waals surface area contributed by atoms with Gasteiger partial charge in [0.15, 0.2) is 6.10 Å². The molecule has 11 heteroatoms. The summed E-state index contributed by atoms with van der Waals surface area (Å²) >= 11 is 0. The van der Waals surface area contributed by atoms with Gasteiger partial charge in [-0.25, -0.2) is 4.79 Å². The smallest absolute Gasteiger partial charge is 0.405 e. The average molecular weight is 588 g/mol. The fraction of sp³-hybridized carbons (Fsp3) is 0.548. The zero-order valence-corrected chi connectivity index (χ0v) is 25.7. The predicted molar refractivity (Wildman–Crippen MR) is 159 cm³/mol. The third kappa shape index (κ3) is 10.1. The van der Waals surface area contributed by atoms with E-state index in [1.165, 1.54) is 20.3 Å². The molecule has 4 N–H and O–H groups in total. The number of nitrogens with two attached hydrogens (primary N) is 1. The van der Waals surface area contributed by atoms with Crippen LogP contribution in [0.25, 0.3) is 0 Å². The van der Waals surface area contributed by atoms with Crippen molar-refractivity contribution in [1.29, 1.82) is 0 Å². The van der Waals surface area contributed by atoms with Gasteiger partial charge >= 0.3 is 6.09 Å². The van der Waals surface area contributed by atoms with E-state index in [0.717, 1.165) is 0 Å². The van der Waals surface area contributed by atoms with Crippen LogP contribution in [-0.4, -0.2) is 73.3 Å². The second-order valence-electron chi connectivity index (χ2n) is 11.1. The first-order valence-electron chi connectivity index (χ1n) is 14.0. The number of fused-ring (bicyclic) bond motifs is 2. The second-order valence-corrected chi connectivity index (χ2v) is 11.1. The van der Waals surface area contributed by atoms with Gasteiger partial charge in [-0.2, -0.15) is 0 Å². The quantitative estimate of drug-likeness (QED) is 0.250. The van der Waals surface area contributed by atoms with Crippen LogP contribution >= 0.6 is 0 Å². The number of aliphatic hydroxyl groups is 1. The molecule has 0 unspecified atom stereocenters. The summed E-state index contributed by atoms with van der Waals surface area (Å²) < 4.78 is 16.6. The standard InChI is InChI=1S/C31H45N3O8/c1-17(2)42-34-23-15-22-12-18(3)13-26(40-8)27(35)20(5)14-21(6)29(41-31(32)38)25(39-7)11-9-10-19(4)30(37)33-24(16-23)28(22)36/h9-11,14-18,20,25-27,29,35H,12-13H2,1-8H3,(H2,32,38)(H,33,37)/b11-9-,19-10+,21-14+,34-23-/t18-,20+,25+,26+,27-,29+/m1/s1. The third-order valence-electron chi connectivity index (χ3n) is 6.99. The van der Waals surface area contributed by atoms with Crippen molar-refractivity contribution < 1.29 is 38.5 Å². The van der Waals surface area contributed by atoms with Crippen LogP contribution in [0.5, 0.6) is 0 Å². The number of ketones is 1. The summed E-state index contributed by atoms with van der Waals surface area (Å²) in [5.41, 5.74) is 7.20. The lowest BCUT2D eigenvalue weighted by atomic mass is 9.86. The zero-order valence-electron chi connectivity index (χ0n) is 25.7. The minimum Gasteiger partial charge on any atom is -0.439 e. The molecule has 0 aromatic carbocycles. The third-order valence-corrected chi connectivity index (χ3v) is 6.99. The van der Waals surface area contributed by atoms with Gasteiger partial charge in [0.1, 0.15) is 17.9 Å². The summed E-state index contributed by atoms with van der Waals surface area (Å²) in [5.74, 6) is -1.30. The van der Waals surface area contributed by atoms with E-state index >= 15 is 0 Å². The van der Waals surface area contributed by atoms with Gasteiger partial charge in [0, 0.05) is 31.3 Å². The number of hydrogen-bond donors (Lipinski definition) is 3. The largest absolute Gasteiger partial charge is 0.439 e. The Morgan fingerprint density at radius 2 is 1.83 bits per heavy atom. The van der Waals surface area contributed by atoms with Crippen molar-refractivity contribution in [3.8, 4) is 0 Å². The van der Waals surface area contributed by atoms with Crippen molar-refractivity contribution in [2.24, 2.45) is 22.7 Å². The Labute approximate surface area is 248 Å². The second kappa shape index (κ2) is 16.2. The van der Waals surface area contributed by atoms with Crippen LogP contribution in [0, 0.1) is 11.8 Å². The number of ether oxygens (including phenoxy) is 3. The summed E-state index contributed by atoms with van der Waals surface area (Å²) in [6.07, 6.45) is 6.21. The topological polar surface area (TPSA) is 159 Å². The highest BCUT2D eigenvalue weighted by Gasteiger charge is 2.31. The molecule has 1 aliphatic carbocycles. The van der Waals surface area contributed by atoms with Gasteiger partial charge in [-0.15, -0.1) is 0 Å². The number of rotatable bonds is 5. The van der Waals surface area contributed by atoms with Gasteiger partial charge < -0.3 is 35.2 Å². The van der Waals surface area contributed by atoms with Crippen molar-refractivity contribution in [3.05, 3.63) is 58.9 Å². The molecule has 232 valence electrons. The highest BCUT2D eigenvalue weighted by Crippen LogP contribution is 2.27. The summed E-state index contributed by atoms with van der Waals surface area (Å²) in [5, 5.41) is 18.1. The fourth-order valence-electron chi connectivity index (χ4n) is 4.77. The summed E-state index contributed by atoms with van der Waals surface area (Å²) in [4.78, 5) is 43.6. The molecule has 11 nitrogen and oxygen atoms in total. The van der Waals surface area contributed by atoms with Gasteiger partial charge in [-0.3, -0.25) is 9.59 Å². The molecule has 1 aliphatic heterocycles. The highest BCUT2D eigenvalue weighted by atomic mass is 16.6. The summed E-state index contributed by atoms with van der Waals surface area (Å²) in [6, 6.07) is 0. The van der Waals surface area contributed by atoms with E-state index in [0.29, 0.717) is 35.3 Å². The molecule has 2 bridgehead atoms. The van der Waals surface area contributed by atoms with Crippen molar-refractivity contribution >= 4 is 23.5 Å². The Morgan fingerprint density at radius 1 is 1.14 bits per heavy atom. The van der Waals surface area contributed by atoms with Gasteiger partial charge in [0.2, 0.25) is 5.78 Å². The molecule has 0 aromatic rings. The zero-order chi connectivity index (χ0) is 31.6. The SMILES string of the molecule is CO[C@H]1/C=C\C=C(/C)C(=O)NC2=C/C(=N\OC(C)C)C=C(C[C@@H](C)C[C@H](OC)[C@H](O)[C@@H](C)/C=C(\C)[C@@H]1OC(N)=O)C2=O. The molecule has 2 amide bonds. The fourth-order valence-corrected chi connectivity index (χ4v) is 4.77. The van der Waals surface area contributed by atoms with Crippen molar-refractivity contribution in [2.45, 2.75) is 84.9 Å². The lowest BCUT2D eigenvalue weighted by Gasteiger charge is -2.29. The molecule has 0 radical (unpaired) electrons. The number of primary amides is 1. The maximum atomic E-state index is 13.4. The van der Waals surface area contributed by atoms with Crippen LogP contribution in [0.3, 0.4) is 0 Å². The molecule has 1 heterocycles. The van der Waals surface area contributed by atoms with Crippen LogP contribution in [0.1, 0.15) is 54.4 Å². The van der Waals surface area contributed by atoms with Crippen molar-refractivity contribution in [3.63, 3.8) is 0 Å². The number of carbonyl (C=O) groups is 3. The molecular formula is C31H45N3O8. The first-order valence-corrected chi connectivity index (χ1v) is 14.0. The van der Waals surface area contributed by atoms with Gasteiger partial charge in [-0.1, -0.05) is 43.3 Å². The molecule has 42 heavy (non-hydrogen) atoms. The Hall–Kier alpha value is -3.54. The van der Waals surface area contributed by atoms with E-state index in [4.69, 9.17) is 24.8 Å². The number of methoxy groups -OCH3 is 2. The monoisotopic (exact) mass is 587 g/mol. The van der Waals surface area contributed by atoms with E-state index in [1.807, 2.05) is 27.7 Å². The molecule has 2 rings (SSSR count). The Balaban J connectivity index is 2.60. The van der Waals surface area contributed by atoms with E-state index in [1.54, 1.807) is 44.2 Å². The van der Waals surface area contributed by atoms with E-state index in [9.17, 15) is 19.5 Å². The van der Waals surface area contributed by atoms with Crippen molar-refractivity contribution in [2.75, 3.05) is 14.2 Å². The number of Topliss-reactive ketones (excluding diaryl/α,β-unsaturated/α-hetero) is 1. The number of oxime groups is 1. The Kier molecular flexibility index (Phi) is 13.4. The summed E-state index contributed by atoms with van der Waals surface area (Å²) in [7, 11) is 2.97. The predicted octanol–water partition coefficient (Wildman–Crippen LogP) is 3.65.